The number of halogens is 2. The first-order valence-corrected chi connectivity index (χ1v) is 9.87. The van der Waals surface area contributed by atoms with E-state index in [2.05, 4.69) is 0 Å². The van der Waals surface area contributed by atoms with E-state index in [9.17, 15) is 28.5 Å². The summed E-state index contributed by atoms with van der Waals surface area (Å²) in [5.74, 6) is -2.73. The highest BCUT2D eigenvalue weighted by molar-refractivity contribution is 7.20. The fourth-order valence-corrected chi connectivity index (χ4v) is 4.34. The molecule has 0 atom stereocenters. The van der Waals surface area contributed by atoms with Gasteiger partial charge in [-0.25, -0.2) is 8.78 Å². The fraction of sp³-hybridized carbons (Fsp3) is 0.200. The zero-order valence-electron chi connectivity index (χ0n) is 15.5. The molecular formula is C20H15F2N3O4S. The molecule has 1 aromatic heterocycles. The van der Waals surface area contributed by atoms with Crippen LogP contribution >= 0.6 is 11.3 Å². The Balaban J connectivity index is 1.44. The van der Waals surface area contributed by atoms with Crippen LogP contribution in [0.25, 0.3) is 10.1 Å². The number of hydrogen-bond acceptors (Lipinski definition) is 5. The quantitative estimate of drug-likeness (QED) is 0.468. The molecule has 7 nitrogen and oxygen atoms in total. The van der Waals surface area contributed by atoms with Crippen molar-refractivity contribution in [2.24, 2.45) is 0 Å². The number of non-ortho nitro benzene ring substituents is 1. The van der Waals surface area contributed by atoms with E-state index in [1.54, 1.807) is 17.0 Å². The standard InChI is InChI=1S/C20H15F2N3O4S/c21-15-3-1-12(10-16(15)22)19(26)23-5-7-24(8-6-23)20(27)18-11-13-9-14(25(28)29)2-4-17(13)30-18/h1-4,9-11H,5-8H2. The molecule has 0 N–H and O–H groups in total. The molecule has 4 rings (SSSR count). The summed E-state index contributed by atoms with van der Waals surface area (Å²) >= 11 is 1.25. The Morgan fingerprint density at radius 2 is 1.57 bits per heavy atom. The lowest BCUT2D eigenvalue weighted by Gasteiger charge is -2.34. The maximum Gasteiger partial charge on any atom is 0.270 e. The molecule has 1 saturated heterocycles. The molecular weight excluding hydrogens is 416 g/mol. The van der Waals surface area contributed by atoms with Crippen LogP contribution in [0.2, 0.25) is 0 Å². The lowest BCUT2D eigenvalue weighted by molar-refractivity contribution is -0.384. The molecule has 10 heteroatoms. The van der Waals surface area contributed by atoms with Gasteiger partial charge in [0.25, 0.3) is 17.5 Å². The van der Waals surface area contributed by atoms with Crippen molar-refractivity contribution in [3.8, 4) is 0 Å². The predicted molar refractivity (Wildman–Crippen MR) is 107 cm³/mol. The minimum atomic E-state index is -1.08. The SMILES string of the molecule is O=C(c1ccc(F)c(F)c1)N1CCN(C(=O)c2cc3cc([N+](=O)[O-])ccc3s2)CC1. The van der Waals surface area contributed by atoms with Crippen molar-refractivity contribution in [2.45, 2.75) is 0 Å². The summed E-state index contributed by atoms with van der Waals surface area (Å²) in [4.78, 5) is 39.3. The Bertz CT molecular complexity index is 1170. The van der Waals surface area contributed by atoms with Crippen molar-refractivity contribution in [3.05, 3.63) is 74.7 Å². The number of amides is 2. The molecule has 0 saturated carbocycles. The first-order valence-electron chi connectivity index (χ1n) is 9.05. The van der Waals surface area contributed by atoms with Gasteiger partial charge < -0.3 is 9.80 Å². The number of fused-ring (bicyclic) bond motifs is 1. The van der Waals surface area contributed by atoms with Crippen LogP contribution in [0.3, 0.4) is 0 Å². The van der Waals surface area contributed by atoms with Crippen LogP contribution in [0.4, 0.5) is 14.5 Å². The molecule has 1 aliphatic rings. The van der Waals surface area contributed by atoms with Crippen molar-refractivity contribution in [1.29, 1.82) is 0 Å². The van der Waals surface area contributed by atoms with E-state index < -0.39 is 22.5 Å². The van der Waals surface area contributed by atoms with Crippen LogP contribution in [0.1, 0.15) is 20.0 Å². The van der Waals surface area contributed by atoms with Crippen molar-refractivity contribution in [2.75, 3.05) is 26.2 Å². The highest BCUT2D eigenvalue weighted by Gasteiger charge is 2.27. The van der Waals surface area contributed by atoms with Gasteiger partial charge in [0, 0.05) is 54.0 Å². The number of nitrogens with zero attached hydrogens (tertiary/aromatic N) is 3. The van der Waals surface area contributed by atoms with Crippen molar-refractivity contribution in [1.82, 2.24) is 9.80 Å². The zero-order valence-corrected chi connectivity index (χ0v) is 16.3. The highest BCUT2D eigenvalue weighted by Crippen LogP contribution is 2.30. The Hall–Kier alpha value is -3.40. The number of benzene rings is 2. The summed E-state index contributed by atoms with van der Waals surface area (Å²) < 4.78 is 27.2. The third-order valence-corrected chi connectivity index (χ3v) is 6.05. The Labute approximate surface area is 173 Å². The molecule has 2 aromatic carbocycles. The number of hydrogen-bond donors (Lipinski definition) is 0. The van der Waals surface area contributed by atoms with Crippen LogP contribution in [-0.2, 0) is 0 Å². The van der Waals surface area contributed by atoms with Crippen molar-refractivity contribution < 1.29 is 23.3 Å². The van der Waals surface area contributed by atoms with Crippen LogP contribution in [-0.4, -0.2) is 52.7 Å². The molecule has 0 aliphatic carbocycles. The Morgan fingerprint density at radius 3 is 2.20 bits per heavy atom. The molecule has 1 aliphatic heterocycles. The summed E-state index contributed by atoms with van der Waals surface area (Å²) in [6, 6.07) is 9.09. The average Bonchev–Trinajstić information content (AvgIpc) is 3.18. The normalized spacial score (nSPS) is 14.2. The van der Waals surface area contributed by atoms with Gasteiger partial charge in [-0.15, -0.1) is 11.3 Å². The molecule has 0 unspecified atom stereocenters. The largest absolute Gasteiger partial charge is 0.335 e. The van der Waals surface area contributed by atoms with E-state index in [1.165, 1.54) is 34.4 Å². The van der Waals surface area contributed by atoms with Gasteiger partial charge in [0.15, 0.2) is 11.6 Å². The lowest BCUT2D eigenvalue weighted by atomic mass is 10.1. The minimum Gasteiger partial charge on any atom is -0.335 e. The summed E-state index contributed by atoms with van der Waals surface area (Å²) in [7, 11) is 0. The van der Waals surface area contributed by atoms with Gasteiger partial charge in [-0.2, -0.15) is 0 Å². The molecule has 30 heavy (non-hydrogen) atoms. The topological polar surface area (TPSA) is 83.8 Å². The fourth-order valence-electron chi connectivity index (χ4n) is 3.33. The van der Waals surface area contributed by atoms with Gasteiger partial charge in [-0.3, -0.25) is 19.7 Å². The second-order valence-electron chi connectivity index (χ2n) is 6.80. The molecule has 2 heterocycles. The molecule has 3 aromatic rings. The molecule has 1 fully saturated rings. The van der Waals surface area contributed by atoms with Crippen LogP contribution in [0.15, 0.2) is 42.5 Å². The summed E-state index contributed by atoms with van der Waals surface area (Å²) in [6.45, 7) is 1.12. The smallest absolute Gasteiger partial charge is 0.270 e. The third-order valence-electron chi connectivity index (χ3n) is 4.94. The first kappa shape index (κ1) is 19.9. The third kappa shape index (κ3) is 3.73. The lowest BCUT2D eigenvalue weighted by Crippen LogP contribution is -2.50. The zero-order chi connectivity index (χ0) is 21.4. The molecule has 154 valence electrons. The van der Waals surface area contributed by atoms with Gasteiger partial charge in [0.1, 0.15) is 0 Å². The Morgan fingerprint density at radius 1 is 0.900 bits per heavy atom. The maximum absolute atomic E-state index is 13.4. The van der Waals surface area contributed by atoms with Crippen LogP contribution in [0.5, 0.6) is 0 Å². The predicted octanol–water partition coefficient (Wildman–Crippen LogP) is 3.69. The minimum absolute atomic E-state index is 0.0383. The second-order valence-corrected chi connectivity index (χ2v) is 7.89. The van der Waals surface area contributed by atoms with E-state index in [0.717, 1.165) is 16.8 Å². The Kier molecular flexibility index (Phi) is 5.17. The van der Waals surface area contributed by atoms with Gasteiger partial charge in [0.2, 0.25) is 0 Å². The van der Waals surface area contributed by atoms with E-state index in [4.69, 9.17) is 0 Å². The van der Waals surface area contributed by atoms with E-state index in [-0.39, 0.29) is 30.2 Å². The van der Waals surface area contributed by atoms with Crippen molar-refractivity contribution >= 4 is 38.9 Å². The summed E-state index contributed by atoms with van der Waals surface area (Å²) in [6.07, 6.45) is 0. The van der Waals surface area contributed by atoms with Gasteiger partial charge in [0.05, 0.1) is 9.80 Å². The van der Waals surface area contributed by atoms with Crippen molar-refractivity contribution in [3.63, 3.8) is 0 Å². The van der Waals surface area contributed by atoms with E-state index in [1.807, 2.05) is 0 Å². The maximum atomic E-state index is 13.4. The molecule has 0 spiro atoms. The van der Waals surface area contributed by atoms with Crippen LogP contribution in [0, 0.1) is 21.7 Å². The van der Waals surface area contributed by atoms with Gasteiger partial charge >= 0.3 is 0 Å². The average molecular weight is 431 g/mol. The first-order chi connectivity index (χ1) is 14.3. The van der Waals surface area contributed by atoms with Crippen LogP contribution < -0.4 is 0 Å². The van der Waals surface area contributed by atoms with E-state index in [0.29, 0.717) is 23.4 Å². The summed E-state index contributed by atoms with van der Waals surface area (Å²) in [5, 5.41) is 11.5. The summed E-state index contributed by atoms with van der Waals surface area (Å²) in [5.41, 5.74) is 0.0171. The molecule has 2 amide bonds. The second kappa shape index (κ2) is 7.79. The monoisotopic (exact) mass is 431 g/mol. The van der Waals surface area contributed by atoms with Gasteiger partial charge in [-0.1, -0.05) is 0 Å². The number of nitro benzene ring substituents is 1. The molecule has 0 radical (unpaired) electrons. The number of thiophene rings is 1. The number of rotatable bonds is 3. The van der Waals surface area contributed by atoms with E-state index >= 15 is 0 Å². The number of piperazine rings is 1. The highest BCUT2D eigenvalue weighted by atomic mass is 32.1. The number of nitro groups is 1. The van der Waals surface area contributed by atoms with Gasteiger partial charge in [-0.05, 0) is 30.3 Å². The number of carbonyl (C=O) groups excluding carboxylic acids is 2. The number of carbonyl (C=O) groups is 2. The molecule has 0 bridgehead atoms.